The molecule has 1 aliphatic heterocycles. The van der Waals surface area contributed by atoms with Gasteiger partial charge in [-0.3, -0.25) is 4.79 Å². The Bertz CT molecular complexity index is 1000. The van der Waals surface area contributed by atoms with E-state index in [1.165, 1.54) is 16.4 Å². The average molecular weight is 416 g/mol. The third-order valence-corrected chi connectivity index (χ3v) is 6.80. The zero-order valence-corrected chi connectivity index (χ0v) is 17.3. The Balaban J connectivity index is 1.50. The van der Waals surface area contributed by atoms with Crippen LogP contribution in [-0.2, 0) is 4.79 Å². The Morgan fingerprint density at radius 2 is 2.18 bits per heavy atom. The van der Waals surface area contributed by atoms with E-state index in [0.717, 1.165) is 28.3 Å². The van der Waals surface area contributed by atoms with Gasteiger partial charge in [-0.1, -0.05) is 30.8 Å². The lowest BCUT2D eigenvalue weighted by atomic mass is 10.2. The lowest BCUT2D eigenvalue weighted by molar-refractivity contribution is -0.116. The van der Waals surface area contributed by atoms with E-state index >= 15 is 0 Å². The third-order valence-electron chi connectivity index (χ3n) is 4.63. The van der Waals surface area contributed by atoms with Gasteiger partial charge in [-0.25, -0.2) is 4.68 Å². The summed E-state index contributed by atoms with van der Waals surface area (Å²) in [5.41, 5.74) is 1.77. The van der Waals surface area contributed by atoms with Crippen LogP contribution in [0.1, 0.15) is 19.1 Å². The minimum absolute atomic E-state index is 0.0381. The van der Waals surface area contributed by atoms with Crippen molar-refractivity contribution in [1.82, 2.24) is 14.9 Å². The maximum Gasteiger partial charge on any atom is 0.237 e. The second-order valence-electron chi connectivity index (χ2n) is 6.59. The van der Waals surface area contributed by atoms with Gasteiger partial charge in [-0.2, -0.15) is 0 Å². The predicted molar refractivity (Wildman–Crippen MR) is 112 cm³/mol. The molecule has 0 radical (unpaired) electrons. The first-order valence-corrected chi connectivity index (χ1v) is 10.8. The zero-order valence-electron chi connectivity index (χ0n) is 15.7. The van der Waals surface area contributed by atoms with Crippen molar-refractivity contribution in [2.24, 2.45) is 0 Å². The molecule has 4 rings (SSSR count). The topological polar surface area (TPSA) is 90.2 Å². The SMILES string of the molecule is Cc1occc1-c1nnc(SCC(=O)N2CCC(C)Sc3ccccc32)n1N. The summed E-state index contributed by atoms with van der Waals surface area (Å²) in [6.07, 6.45) is 2.54. The van der Waals surface area contributed by atoms with Gasteiger partial charge in [-0.15, -0.1) is 22.0 Å². The van der Waals surface area contributed by atoms with Crippen molar-refractivity contribution < 1.29 is 9.21 Å². The third kappa shape index (κ3) is 3.64. The normalized spacial score (nSPS) is 16.6. The molecule has 1 unspecified atom stereocenters. The van der Waals surface area contributed by atoms with E-state index in [2.05, 4.69) is 23.2 Å². The molecule has 3 aromatic rings. The van der Waals surface area contributed by atoms with Crippen molar-refractivity contribution in [3.05, 3.63) is 42.4 Å². The lowest BCUT2D eigenvalue weighted by Crippen LogP contribution is -2.33. The molecule has 7 nitrogen and oxygen atoms in total. The van der Waals surface area contributed by atoms with E-state index in [1.807, 2.05) is 41.8 Å². The Labute approximate surface area is 171 Å². The summed E-state index contributed by atoms with van der Waals surface area (Å²) in [6.45, 7) is 4.75. The second kappa shape index (κ2) is 7.92. The van der Waals surface area contributed by atoms with Crippen LogP contribution in [-0.4, -0.2) is 38.3 Å². The summed E-state index contributed by atoms with van der Waals surface area (Å²) >= 11 is 3.11. The van der Waals surface area contributed by atoms with Gasteiger partial charge in [-0.05, 0) is 31.5 Å². The molecule has 1 aliphatic rings. The van der Waals surface area contributed by atoms with Crippen LogP contribution in [0.4, 0.5) is 5.69 Å². The number of para-hydroxylation sites is 1. The molecule has 0 fully saturated rings. The van der Waals surface area contributed by atoms with E-state index in [0.29, 0.717) is 22.8 Å². The van der Waals surface area contributed by atoms with Crippen LogP contribution >= 0.6 is 23.5 Å². The van der Waals surface area contributed by atoms with Crippen LogP contribution in [0.3, 0.4) is 0 Å². The molecule has 2 aromatic heterocycles. The molecule has 0 saturated carbocycles. The first-order chi connectivity index (χ1) is 13.5. The number of nitrogens with two attached hydrogens (primary N) is 1. The van der Waals surface area contributed by atoms with Crippen molar-refractivity contribution in [1.29, 1.82) is 0 Å². The molecule has 2 N–H and O–H groups in total. The monoisotopic (exact) mass is 415 g/mol. The van der Waals surface area contributed by atoms with Crippen LogP contribution in [0, 0.1) is 6.92 Å². The van der Waals surface area contributed by atoms with E-state index in [-0.39, 0.29) is 11.7 Å². The smallest absolute Gasteiger partial charge is 0.237 e. The van der Waals surface area contributed by atoms with Crippen LogP contribution in [0.5, 0.6) is 0 Å². The number of benzene rings is 1. The molecule has 1 amide bonds. The van der Waals surface area contributed by atoms with Gasteiger partial charge < -0.3 is 15.2 Å². The number of anilines is 1. The van der Waals surface area contributed by atoms with Crippen LogP contribution < -0.4 is 10.7 Å². The minimum atomic E-state index is 0.0381. The number of rotatable bonds is 4. The maximum absolute atomic E-state index is 13.0. The molecule has 9 heteroatoms. The highest BCUT2D eigenvalue weighted by Crippen LogP contribution is 2.37. The quantitative estimate of drug-likeness (QED) is 0.514. The number of nitrogen functional groups attached to an aromatic ring is 1. The standard InChI is InChI=1S/C19H21N5O2S2/c1-12-7-9-23(15-5-3-4-6-16(15)28-12)17(25)11-27-19-22-21-18(24(19)20)14-8-10-26-13(14)2/h3-6,8,10,12H,7,9,11,20H2,1-2H3. The van der Waals surface area contributed by atoms with Gasteiger partial charge in [0, 0.05) is 16.7 Å². The molecular weight excluding hydrogens is 394 g/mol. The number of carbonyl (C=O) groups is 1. The van der Waals surface area contributed by atoms with E-state index < -0.39 is 0 Å². The first kappa shape index (κ1) is 18.9. The molecule has 28 heavy (non-hydrogen) atoms. The largest absolute Gasteiger partial charge is 0.469 e. The van der Waals surface area contributed by atoms with Gasteiger partial charge in [0.1, 0.15) is 5.76 Å². The van der Waals surface area contributed by atoms with Crippen LogP contribution in [0.2, 0.25) is 0 Å². The number of nitrogens with zero attached hydrogens (tertiary/aromatic N) is 4. The van der Waals surface area contributed by atoms with Gasteiger partial charge >= 0.3 is 0 Å². The lowest BCUT2D eigenvalue weighted by Gasteiger charge is -2.22. The fourth-order valence-corrected chi connectivity index (χ4v) is 4.97. The fourth-order valence-electron chi connectivity index (χ4n) is 3.13. The molecule has 3 heterocycles. The number of furan rings is 1. The van der Waals surface area contributed by atoms with Gasteiger partial charge in [0.25, 0.3) is 0 Å². The van der Waals surface area contributed by atoms with E-state index in [1.54, 1.807) is 12.3 Å². The number of aryl methyl sites for hydroxylation is 1. The van der Waals surface area contributed by atoms with E-state index in [9.17, 15) is 4.79 Å². The molecule has 1 atom stereocenters. The maximum atomic E-state index is 13.0. The Morgan fingerprint density at radius 3 is 2.96 bits per heavy atom. The number of carbonyl (C=O) groups excluding carboxylic acids is 1. The molecule has 1 aromatic carbocycles. The first-order valence-electron chi connectivity index (χ1n) is 8.98. The Hall–Kier alpha value is -2.39. The average Bonchev–Trinajstić information content (AvgIpc) is 3.21. The zero-order chi connectivity index (χ0) is 19.7. The highest BCUT2D eigenvalue weighted by molar-refractivity contribution is 8.00. The summed E-state index contributed by atoms with van der Waals surface area (Å²) in [7, 11) is 0. The number of hydrogen-bond donors (Lipinski definition) is 1. The van der Waals surface area contributed by atoms with Crippen LogP contribution in [0.15, 0.2) is 51.1 Å². The number of thioether (sulfide) groups is 2. The minimum Gasteiger partial charge on any atom is -0.469 e. The van der Waals surface area contributed by atoms with Crippen molar-refractivity contribution in [2.45, 2.75) is 35.6 Å². The van der Waals surface area contributed by atoms with Crippen LogP contribution in [0.25, 0.3) is 11.4 Å². The molecular formula is C19H21N5O2S2. The summed E-state index contributed by atoms with van der Waals surface area (Å²) in [5.74, 6) is 7.67. The number of hydrogen-bond acceptors (Lipinski definition) is 7. The second-order valence-corrected chi connectivity index (χ2v) is 9.01. The van der Waals surface area contributed by atoms with Gasteiger partial charge in [0.15, 0.2) is 5.82 Å². The van der Waals surface area contributed by atoms with Crippen molar-refractivity contribution in [3.8, 4) is 11.4 Å². The number of amides is 1. The molecule has 0 bridgehead atoms. The number of aromatic nitrogens is 3. The fraction of sp³-hybridized carbons (Fsp3) is 0.316. The molecule has 146 valence electrons. The summed E-state index contributed by atoms with van der Waals surface area (Å²) in [5, 5.41) is 9.26. The number of fused-ring (bicyclic) bond motifs is 1. The summed E-state index contributed by atoms with van der Waals surface area (Å²) in [4.78, 5) is 16.0. The van der Waals surface area contributed by atoms with Crippen molar-refractivity contribution in [2.75, 3.05) is 23.0 Å². The molecule has 0 spiro atoms. The highest BCUT2D eigenvalue weighted by atomic mass is 32.2. The van der Waals surface area contributed by atoms with Gasteiger partial charge in [0.05, 0.1) is 23.3 Å². The Kier molecular flexibility index (Phi) is 5.36. The highest BCUT2D eigenvalue weighted by Gasteiger charge is 2.25. The summed E-state index contributed by atoms with van der Waals surface area (Å²) in [6, 6.07) is 9.87. The molecule has 0 aliphatic carbocycles. The van der Waals surface area contributed by atoms with E-state index in [4.69, 9.17) is 10.3 Å². The van der Waals surface area contributed by atoms with Crippen molar-refractivity contribution >= 4 is 35.1 Å². The Morgan fingerprint density at radius 1 is 1.36 bits per heavy atom. The van der Waals surface area contributed by atoms with Gasteiger partial charge in [0.2, 0.25) is 11.1 Å². The predicted octanol–water partition coefficient (Wildman–Crippen LogP) is 3.57. The van der Waals surface area contributed by atoms with Crippen molar-refractivity contribution in [3.63, 3.8) is 0 Å². The summed E-state index contributed by atoms with van der Waals surface area (Å²) < 4.78 is 6.72. The molecule has 0 saturated heterocycles.